The van der Waals surface area contributed by atoms with Crippen LogP contribution in [0.15, 0.2) is 109 Å². The third-order valence-corrected chi connectivity index (χ3v) is 12.7. The van der Waals surface area contributed by atoms with Gasteiger partial charge < -0.3 is 14.2 Å². The zero-order valence-corrected chi connectivity index (χ0v) is 47.6. The fourth-order valence-corrected chi connectivity index (χ4v) is 8.16. The number of hydrogen-bond acceptors (Lipinski definition) is 6. The lowest BCUT2D eigenvalue weighted by atomic mass is 10.1. The third kappa shape index (κ3) is 58.8. The second kappa shape index (κ2) is 60.6. The van der Waals surface area contributed by atoms with Gasteiger partial charge in [0.1, 0.15) is 13.2 Å². The van der Waals surface area contributed by atoms with Crippen LogP contribution in [0.5, 0.6) is 0 Å². The third-order valence-electron chi connectivity index (χ3n) is 12.7. The van der Waals surface area contributed by atoms with Crippen molar-refractivity contribution in [2.75, 3.05) is 13.2 Å². The van der Waals surface area contributed by atoms with E-state index in [1.807, 2.05) is 0 Å². The lowest BCUT2D eigenvalue weighted by Gasteiger charge is -2.18. The Morgan fingerprint density at radius 3 is 0.877 bits per heavy atom. The van der Waals surface area contributed by atoms with Crippen molar-refractivity contribution < 1.29 is 28.6 Å². The maximum Gasteiger partial charge on any atom is 0.306 e. The van der Waals surface area contributed by atoms with Gasteiger partial charge in [-0.2, -0.15) is 0 Å². The van der Waals surface area contributed by atoms with E-state index in [-0.39, 0.29) is 31.1 Å². The Labute approximate surface area is 450 Å². The zero-order chi connectivity index (χ0) is 52.9. The smallest absolute Gasteiger partial charge is 0.306 e. The molecule has 0 N–H and O–H groups in total. The summed E-state index contributed by atoms with van der Waals surface area (Å²) in [7, 11) is 0. The zero-order valence-electron chi connectivity index (χ0n) is 47.6. The Balaban J connectivity index is 4.42. The highest BCUT2D eigenvalue weighted by Gasteiger charge is 2.19. The molecule has 0 amide bonds. The molecule has 0 fully saturated rings. The number of carbonyl (C=O) groups is 3. The summed E-state index contributed by atoms with van der Waals surface area (Å²) in [5, 5.41) is 0. The van der Waals surface area contributed by atoms with E-state index in [1.165, 1.54) is 103 Å². The Morgan fingerprint density at radius 2 is 0.548 bits per heavy atom. The monoisotopic (exact) mass is 1010 g/mol. The molecule has 0 aromatic rings. The number of unbranched alkanes of at least 4 members (excludes halogenated alkanes) is 25. The van der Waals surface area contributed by atoms with Crippen molar-refractivity contribution in [1.29, 1.82) is 0 Å². The quantitative estimate of drug-likeness (QED) is 0.0261. The van der Waals surface area contributed by atoms with Gasteiger partial charge in [0.05, 0.1) is 0 Å². The van der Waals surface area contributed by atoms with Crippen molar-refractivity contribution >= 4 is 17.9 Å². The van der Waals surface area contributed by atoms with E-state index in [9.17, 15) is 14.4 Å². The van der Waals surface area contributed by atoms with Gasteiger partial charge in [0, 0.05) is 19.3 Å². The van der Waals surface area contributed by atoms with Gasteiger partial charge in [-0.3, -0.25) is 14.4 Å². The van der Waals surface area contributed by atoms with Crippen LogP contribution in [-0.4, -0.2) is 37.2 Å². The molecule has 0 aromatic carbocycles. The summed E-state index contributed by atoms with van der Waals surface area (Å²) >= 11 is 0. The van der Waals surface area contributed by atoms with Gasteiger partial charge >= 0.3 is 17.9 Å². The minimum absolute atomic E-state index is 0.0929. The van der Waals surface area contributed by atoms with Gasteiger partial charge in [-0.15, -0.1) is 0 Å². The molecule has 6 heteroatoms. The predicted molar refractivity (Wildman–Crippen MR) is 316 cm³/mol. The highest BCUT2D eigenvalue weighted by Crippen LogP contribution is 2.15. The summed E-state index contributed by atoms with van der Waals surface area (Å²) in [5.41, 5.74) is 0. The molecule has 73 heavy (non-hydrogen) atoms. The van der Waals surface area contributed by atoms with Gasteiger partial charge in [-0.05, 0) is 122 Å². The molecule has 0 heterocycles. The predicted octanol–water partition coefficient (Wildman–Crippen LogP) is 20.7. The Bertz CT molecular complexity index is 1490. The highest BCUT2D eigenvalue weighted by molar-refractivity contribution is 5.71. The standard InChI is InChI=1S/C67H112O6/c1-4-7-10-13-16-19-22-25-28-30-32-33-34-35-36-38-39-42-45-48-51-54-57-60-66(69)72-63-64(62-71-65(68)59-56-53-50-47-44-41-27-24-21-18-15-12-9-6-3)73-67(70)61-58-55-52-49-46-43-40-37-31-29-26-23-20-17-14-11-8-5-2/h7,10,15-16,18-20,23-25,27-29,31-33,35-36,64H,4-6,8-9,11-14,17,21-22,26,30,34,37-63H2,1-3H3/b10-7-,18-15-,19-16-,23-20-,27-24-,28-25-,31-29-,33-32-,36-35-. The van der Waals surface area contributed by atoms with Crippen molar-refractivity contribution in [3.8, 4) is 0 Å². The van der Waals surface area contributed by atoms with E-state index in [0.717, 1.165) is 135 Å². The molecule has 0 aliphatic heterocycles. The maximum absolute atomic E-state index is 12.9. The van der Waals surface area contributed by atoms with Gasteiger partial charge in [0.15, 0.2) is 6.10 Å². The van der Waals surface area contributed by atoms with E-state index >= 15 is 0 Å². The summed E-state index contributed by atoms with van der Waals surface area (Å²) in [6.45, 7) is 6.45. The molecular weight excluding hydrogens is 901 g/mol. The number of hydrogen-bond donors (Lipinski definition) is 0. The molecule has 0 rings (SSSR count). The van der Waals surface area contributed by atoms with Crippen LogP contribution in [0.25, 0.3) is 0 Å². The highest BCUT2D eigenvalue weighted by atomic mass is 16.6. The van der Waals surface area contributed by atoms with Gasteiger partial charge in [0.25, 0.3) is 0 Å². The van der Waals surface area contributed by atoms with Crippen LogP contribution < -0.4 is 0 Å². The van der Waals surface area contributed by atoms with Gasteiger partial charge in [0.2, 0.25) is 0 Å². The number of carbonyl (C=O) groups excluding carboxylic acids is 3. The van der Waals surface area contributed by atoms with Crippen molar-refractivity contribution in [1.82, 2.24) is 0 Å². The van der Waals surface area contributed by atoms with Crippen molar-refractivity contribution in [2.24, 2.45) is 0 Å². The Hall–Kier alpha value is -3.93. The molecule has 0 spiro atoms. The van der Waals surface area contributed by atoms with Crippen molar-refractivity contribution in [3.63, 3.8) is 0 Å². The second-order valence-corrected chi connectivity index (χ2v) is 19.9. The SMILES string of the molecule is CC/C=C\C/C=C\C/C=C\C/C=C\C/C=C\CCCCCCCCCC(=O)OCC(COC(=O)CCCCCCC/C=C\C/C=C\CCCC)OC(=O)CCCCCCCCC/C=C\C/C=C\CCCCCC. The van der Waals surface area contributed by atoms with Crippen LogP contribution >= 0.6 is 0 Å². The molecule has 416 valence electrons. The molecule has 0 bridgehead atoms. The molecule has 6 nitrogen and oxygen atoms in total. The van der Waals surface area contributed by atoms with Gasteiger partial charge in [-0.25, -0.2) is 0 Å². The first-order valence-electron chi connectivity index (χ1n) is 30.4. The van der Waals surface area contributed by atoms with Crippen LogP contribution in [0.2, 0.25) is 0 Å². The fraction of sp³-hybridized carbons (Fsp3) is 0.687. The van der Waals surface area contributed by atoms with Crippen LogP contribution in [0, 0.1) is 0 Å². The average molecular weight is 1010 g/mol. The number of ether oxygens (including phenoxy) is 3. The van der Waals surface area contributed by atoms with Crippen LogP contribution in [0.4, 0.5) is 0 Å². The lowest BCUT2D eigenvalue weighted by molar-refractivity contribution is -0.167. The first-order valence-corrected chi connectivity index (χ1v) is 30.4. The van der Waals surface area contributed by atoms with Gasteiger partial charge in [-0.1, -0.05) is 246 Å². The largest absolute Gasteiger partial charge is 0.462 e. The Kier molecular flexibility index (Phi) is 57.4. The maximum atomic E-state index is 12.9. The van der Waals surface area contributed by atoms with Crippen LogP contribution in [0.3, 0.4) is 0 Å². The van der Waals surface area contributed by atoms with E-state index in [4.69, 9.17) is 14.2 Å². The molecule has 1 unspecified atom stereocenters. The minimum Gasteiger partial charge on any atom is -0.462 e. The summed E-state index contributed by atoms with van der Waals surface area (Å²) in [5.74, 6) is -0.921. The summed E-state index contributed by atoms with van der Waals surface area (Å²) in [4.78, 5) is 38.3. The average Bonchev–Trinajstić information content (AvgIpc) is 3.39. The summed E-state index contributed by atoms with van der Waals surface area (Å²) in [6, 6.07) is 0. The van der Waals surface area contributed by atoms with Crippen LogP contribution in [-0.2, 0) is 28.6 Å². The molecular formula is C67H112O6. The fourth-order valence-electron chi connectivity index (χ4n) is 8.16. The molecule has 0 radical (unpaired) electrons. The normalized spacial score (nSPS) is 12.9. The number of esters is 3. The lowest BCUT2D eigenvalue weighted by Crippen LogP contribution is -2.30. The number of allylic oxidation sites excluding steroid dienone is 18. The van der Waals surface area contributed by atoms with E-state index in [0.29, 0.717) is 19.3 Å². The van der Waals surface area contributed by atoms with Crippen LogP contribution in [0.1, 0.15) is 278 Å². The molecule has 0 saturated heterocycles. The van der Waals surface area contributed by atoms with E-state index in [1.54, 1.807) is 0 Å². The first-order chi connectivity index (χ1) is 36.0. The first kappa shape index (κ1) is 69.1. The van der Waals surface area contributed by atoms with E-state index < -0.39 is 6.10 Å². The molecule has 0 aliphatic rings. The van der Waals surface area contributed by atoms with E-state index in [2.05, 4.69) is 130 Å². The molecule has 1 atom stereocenters. The minimum atomic E-state index is -0.796. The molecule has 0 aromatic heterocycles. The summed E-state index contributed by atoms with van der Waals surface area (Å²) < 4.78 is 16.9. The summed E-state index contributed by atoms with van der Waals surface area (Å²) in [6.07, 6.45) is 82.2. The Morgan fingerprint density at radius 1 is 0.288 bits per heavy atom. The molecule has 0 saturated carbocycles. The topological polar surface area (TPSA) is 78.9 Å². The number of rotatable bonds is 54. The molecule has 0 aliphatic carbocycles. The van der Waals surface area contributed by atoms with Crippen molar-refractivity contribution in [2.45, 2.75) is 284 Å². The van der Waals surface area contributed by atoms with Crippen molar-refractivity contribution in [3.05, 3.63) is 109 Å². The second-order valence-electron chi connectivity index (χ2n) is 19.9.